The molecule has 2 heterocycles. The largest absolute Gasteiger partial charge is 0.492 e. The van der Waals surface area contributed by atoms with E-state index in [4.69, 9.17) is 9.47 Å². The Hall–Kier alpha value is -3.63. The van der Waals surface area contributed by atoms with E-state index < -0.39 is 5.41 Å². The lowest BCUT2D eigenvalue weighted by atomic mass is 9.95. The highest BCUT2D eigenvalue weighted by molar-refractivity contribution is 5.99. The fourth-order valence-corrected chi connectivity index (χ4v) is 4.09. The SMILES string of the molecule is CCOc1ccc2ccc(-c3cccc(C(=O)NC4CCOCC4)n3)cc2c1NCC(C)(C)C#N. The third-order valence-electron chi connectivity index (χ3n) is 6.13. The summed E-state index contributed by atoms with van der Waals surface area (Å²) in [5, 5.41) is 18.0. The van der Waals surface area contributed by atoms with Gasteiger partial charge >= 0.3 is 0 Å². The van der Waals surface area contributed by atoms with Crippen LogP contribution in [0.2, 0.25) is 0 Å². The lowest BCUT2D eigenvalue weighted by Crippen LogP contribution is -2.39. The number of benzene rings is 2. The van der Waals surface area contributed by atoms with E-state index >= 15 is 0 Å². The average molecular weight is 473 g/mol. The first-order valence-corrected chi connectivity index (χ1v) is 12.1. The van der Waals surface area contributed by atoms with E-state index in [0.29, 0.717) is 32.1 Å². The second-order valence-corrected chi connectivity index (χ2v) is 9.43. The first-order chi connectivity index (χ1) is 16.9. The van der Waals surface area contributed by atoms with Gasteiger partial charge in [0.05, 0.1) is 29.5 Å². The summed E-state index contributed by atoms with van der Waals surface area (Å²) in [6, 6.07) is 18.0. The summed E-state index contributed by atoms with van der Waals surface area (Å²) in [6.45, 7) is 8.10. The number of rotatable bonds is 8. The molecule has 0 unspecified atom stereocenters. The first kappa shape index (κ1) is 24.5. The Kier molecular flexibility index (Phi) is 7.52. The fourth-order valence-electron chi connectivity index (χ4n) is 4.09. The summed E-state index contributed by atoms with van der Waals surface area (Å²) < 4.78 is 11.3. The zero-order valence-electron chi connectivity index (χ0n) is 20.6. The third kappa shape index (κ3) is 5.90. The molecule has 1 aromatic heterocycles. The Morgan fingerprint density at radius 2 is 1.97 bits per heavy atom. The van der Waals surface area contributed by atoms with Crippen LogP contribution in [0, 0.1) is 16.7 Å². The zero-order chi connectivity index (χ0) is 24.8. The number of anilines is 1. The number of ether oxygens (including phenoxy) is 2. The number of nitrogens with one attached hydrogen (secondary N) is 2. The number of pyridine rings is 1. The van der Waals surface area contributed by atoms with Crippen molar-refractivity contribution in [2.75, 3.05) is 31.7 Å². The van der Waals surface area contributed by atoms with Crippen molar-refractivity contribution >= 4 is 22.4 Å². The first-order valence-electron chi connectivity index (χ1n) is 12.1. The zero-order valence-corrected chi connectivity index (χ0v) is 20.6. The number of carbonyl (C=O) groups is 1. The van der Waals surface area contributed by atoms with Crippen LogP contribution in [0.3, 0.4) is 0 Å². The van der Waals surface area contributed by atoms with Gasteiger partial charge in [-0.15, -0.1) is 0 Å². The van der Waals surface area contributed by atoms with Crippen LogP contribution in [0.5, 0.6) is 5.75 Å². The van der Waals surface area contributed by atoms with Gasteiger partial charge in [-0.2, -0.15) is 5.26 Å². The van der Waals surface area contributed by atoms with Crippen molar-refractivity contribution in [2.45, 2.75) is 39.7 Å². The number of amides is 1. The quantitative estimate of drug-likeness (QED) is 0.469. The third-order valence-corrected chi connectivity index (χ3v) is 6.13. The van der Waals surface area contributed by atoms with Gasteiger partial charge in [0.15, 0.2) is 0 Å². The number of aromatic nitrogens is 1. The van der Waals surface area contributed by atoms with Gasteiger partial charge in [-0.25, -0.2) is 4.98 Å². The minimum Gasteiger partial charge on any atom is -0.492 e. The molecule has 1 saturated heterocycles. The molecule has 0 saturated carbocycles. The van der Waals surface area contributed by atoms with Gasteiger partial charge in [0.2, 0.25) is 0 Å². The highest BCUT2D eigenvalue weighted by atomic mass is 16.5. The van der Waals surface area contributed by atoms with Crippen molar-refractivity contribution in [1.82, 2.24) is 10.3 Å². The molecule has 2 aromatic carbocycles. The Labute approximate surface area is 206 Å². The number of hydrogen-bond donors (Lipinski definition) is 2. The maximum absolute atomic E-state index is 12.8. The lowest BCUT2D eigenvalue weighted by Gasteiger charge is -2.23. The molecule has 0 atom stereocenters. The van der Waals surface area contributed by atoms with Crippen molar-refractivity contribution in [3.05, 3.63) is 54.2 Å². The van der Waals surface area contributed by atoms with E-state index in [0.717, 1.165) is 46.3 Å². The van der Waals surface area contributed by atoms with Crippen molar-refractivity contribution in [1.29, 1.82) is 5.26 Å². The second kappa shape index (κ2) is 10.7. The molecule has 1 aliphatic rings. The maximum atomic E-state index is 12.8. The van der Waals surface area contributed by atoms with E-state index in [-0.39, 0.29) is 11.9 Å². The van der Waals surface area contributed by atoms with Crippen LogP contribution in [0.25, 0.3) is 22.0 Å². The predicted molar refractivity (Wildman–Crippen MR) is 138 cm³/mol. The van der Waals surface area contributed by atoms with Gasteiger partial charge in [-0.3, -0.25) is 4.79 Å². The van der Waals surface area contributed by atoms with Crippen LogP contribution < -0.4 is 15.4 Å². The second-order valence-electron chi connectivity index (χ2n) is 9.43. The van der Waals surface area contributed by atoms with Gasteiger partial charge in [0.1, 0.15) is 11.4 Å². The van der Waals surface area contributed by atoms with Crippen LogP contribution in [0.15, 0.2) is 48.5 Å². The highest BCUT2D eigenvalue weighted by Crippen LogP contribution is 2.36. The minimum atomic E-state index is -0.531. The molecule has 2 N–H and O–H groups in total. The average Bonchev–Trinajstić information content (AvgIpc) is 2.88. The van der Waals surface area contributed by atoms with Crippen molar-refractivity contribution in [3.63, 3.8) is 0 Å². The van der Waals surface area contributed by atoms with E-state index in [1.807, 2.05) is 57.2 Å². The number of nitrogens with zero attached hydrogens (tertiary/aromatic N) is 2. The van der Waals surface area contributed by atoms with Gasteiger partial charge in [-0.05, 0) is 63.3 Å². The normalized spacial score (nSPS) is 14.3. The lowest BCUT2D eigenvalue weighted by molar-refractivity contribution is 0.0694. The van der Waals surface area contributed by atoms with Gasteiger partial charge in [0, 0.05) is 36.8 Å². The fraction of sp³-hybridized carbons (Fsp3) is 0.393. The molecule has 182 valence electrons. The molecule has 0 spiro atoms. The molecule has 35 heavy (non-hydrogen) atoms. The van der Waals surface area contributed by atoms with E-state index in [1.165, 1.54) is 0 Å². The molecule has 0 bridgehead atoms. The Bertz CT molecular complexity index is 1240. The summed E-state index contributed by atoms with van der Waals surface area (Å²) in [5.74, 6) is 0.572. The molecule has 1 aliphatic heterocycles. The van der Waals surface area contributed by atoms with Crippen LogP contribution in [-0.2, 0) is 4.74 Å². The maximum Gasteiger partial charge on any atom is 0.270 e. The van der Waals surface area contributed by atoms with Crippen LogP contribution in [0.1, 0.15) is 44.1 Å². The molecule has 1 amide bonds. The predicted octanol–water partition coefficient (Wildman–Crippen LogP) is 5.17. The van der Waals surface area contributed by atoms with Crippen molar-refractivity contribution < 1.29 is 14.3 Å². The number of nitriles is 1. The smallest absolute Gasteiger partial charge is 0.270 e. The summed E-state index contributed by atoms with van der Waals surface area (Å²) >= 11 is 0. The minimum absolute atomic E-state index is 0.116. The number of carbonyl (C=O) groups excluding carboxylic acids is 1. The summed E-state index contributed by atoms with van der Waals surface area (Å²) in [5.41, 5.74) is 2.33. The monoisotopic (exact) mass is 472 g/mol. The molecule has 7 nitrogen and oxygen atoms in total. The Balaban J connectivity index is 1.66. The standard InChI is InChI=1S/C28H32N4O3/c1-4-35-25-11-10-19-8-9-20(16-22(19)26(25)30-18-28(2,3)17-29)23-6-5-7-24(32-23)27(33)31-21-12-14-34-15-13-21/h5-11,16,21,30H,4,12-15,18H2,1-3H3,(H,31,33). The summed E-state index contributed by atoms with van der Waals surface area (Å²) in [6.07, 6.45) is 1.63. The van der Waals surface area contributed by atoms with Crippen molar-refractivity contribution in [2.24, 2.45) is 5.41 Å². The number of hydrogen-bond acceptors (Lipinski definition) is 6. The van der Waals surface area contributed by atoms with Gasteiger partial charge in [0.25, 0.3) is 5.91 Å². The molecular weight excluding hydrogens is 440 g/mol. The molecule has 1 fully saturated rings. The van der Waals surface area contributed by atoms with Crippen molar-refractivity contribution in [3.8, 4) is 23.1 Å². The molecule has 3 aromatic rings. The molecule has 7 heteroatoms. The van der Waals surface area contributed by atoms with Crippen LogP contribution in [0.4, 0.5) is 5.69 Å². The van der Waals surface area contributed by atoms with Crippen LogP contribution in [-0.4, -0.2) is 43.3 Å². The van der Waals surface area contributed by atoms with E-state index in [2.05, 4.69) is 27.8 Å². The summed E-state index contributed by atoms with van der Waals surface area (Å²) in [4.78, 5) is 17.5. The topological polar surface area (TPSA) is 96.3 Å². The van der Waals surface area contributed by atoms with Gasteiger partial charge in [-0.1, -0.05) is 24.3 Å². The van der Waals surface area contributed by atoms with E-state index in [1.54, 1.807) is 6.07 Å². The molecular formula is C28H32N4O3. The molecule has 0 radical (unpaired) electrons. The van der Waals surface area contributed by atoms with Gasteiger partial charge < -0.3 is 20.1 Å². The van der Waals surface area contributed by atoms with Crippen LogP contribution >= 0.6 is 0 Å². The molecule has 4 rings (SSSR count). The molecule has 0 aliphatic carbocycles. The number of fused-ring (bicyclic) bond motifs is 1. The highest BCUT2D eigenvalue weighted by Gasteiger charge is 2.20. The summed E-state index contributed by atoms with van der Waals surface area (Å²) in [7, 11) is 0. The van der Waals surface area contributed by atoms with E-state index in [9.17, 15) is 10.1 Å². The Morgan fingerprint density at radius 3 is 2.71 bits per heavy atom. The Morgan fingerprint density at radius 1 is 1.20 bits per heavy atom.